The molecule has 2 atom stereocenters. The maximum absolute atomic E-state index is 12.2. The number of thioether (sulfide) groups is 1. The van der Waals surface area contributed by atoms with E-state index < -0.39 is 5.97 Å². The van der Waals surface area contributed by atoms with Crippen LogP contribution in [0.3, 0.4) is 0 Å². The molecule has 1 saturated heterocycles. The lowest BCUT2D eigenvalue weighted by Gasteiger charge is -2.30. The molecule has 2 aliphatic heterocycles. The molecule has 22 heavy (non-hydrogen) atoms. The van der Waals surface area contributed by atoms with Crippen molar-refractivity contribution in [2.45, 2.75) is 50.6 Å². The molecule has 2 fully saturated rings. The summed E-state index contributed by atoms with van der Waals surface area (Å²) in [5.74, 6) is -0.550. The van der Waals surface area contributed by atoms with E-state index in [9.17, 15) is 9.59 Å². The van der Waals surface area contributed by atoms with Gasteiger partial charge in [-0.05, 0) is 25.7 Å². The number of carbonyl (C=O) groups excluding carboxylic acids is 1. The quantitative estimate of drug-likeness (QED) is 0.818. The highest BCUT2D eigenvalue weighted by molar-refractivity contribution is 8.14. The van der Waals surface area contributed by atoms with Crippen molar-refractivity contribution in [3.8, 4) is 0 Å². The molecular formula is C15H23N3O3S. The molecule has 0 aromatic carbocycles. The minimum atomic E-state index is -0.742. The Morgan fingerprint density at radius 1 is 1.23 bits per heavy atom. The third-order valence-corrected chi connectivity index (χ3v) is 5.74. The Morgan fingerprint density at radius 3 is 2.64 bits per heavy atom. The van der Waals surface area contributed by atoms with Crippen molar-refractivity contribution in [2.24, 2.45) is 10.9 Å². The van der Waals surface area contributed by atoms with Crippen molar-refractivity contribution < 1.29 is 14.7 Å². The molecule has 0 radical (unpaired) electrons. The maximum Gasteiger partial charge on any atom is 0.306 e. The first-order valence-corrected chi connectivity index (χ1v) is 9.10. The highest BCUT2D eigenvalue weighted by Crippen LogP contribution is 2.27. The van der Waals surface area contributed by atoms with Crippen LogP contribution in [0.4, 0.5) is 0 Å². The van der Waals surface area contributed by atoms with Crippen molar-refractivity contribution in [1.82, 2.24) is 10.2 Å². The minimum Gasteiger partial charge on any atom is -0.481 e. The van der Waals surface area contributed by atoms with Crippen LogP contribution in [0.1, 0.15) is 38.5 Å². The number of carbonyl (C=O) groups is 2. The normalized spacial score (nSPS) is 28.7. The number of nitrogens with one attached hydrogen (secondary N) is 1. The lowest BCUT2D eigenvalue weighted by molar-refractivity contribution is -0.145. The van der Waals surface area contributed by atoms with Gasteiger partial charge < -0.3 is 15.3 Å². The van der Waals surface area contributed by atoms with Gasteiger partial charge in [-0.25, -0.2) is 0 Å². The van der Waals surface area contributed by atoms with E-state index >= 15 is 0 Å². The second-order valence-corrected chi connectivity index (χ2v) is 7.28. The second kappa shape index (κ2) is 6.89. The second-order valence-electron chi connectivity index (χ2n) is 6.32. The van der Waals surface area contributed by atoms with Crippen LogP contribution in [-0.2, 0) is 9.59 Å². The summed E-state index contributed by atoms with van der Waals surface area (Å²) in [5.41, 5.74) is 0. The monoisotopic (exact) mass is 325 g/mol. The topological polar surface area (TPSA) is 82.0 Å². The van der Waals surface area contributed by atoms with Crippen molar-refractivity contribution in [1.29, 1.82) is 0 Å². The van der Waals surface area contributed by atoms with Gasteiger partial charge in [0.15, 0.2) is 5.17 Å². The third kappa shape index (κ3) is 3.56. The number of aliphatic imine (C=N–C) groups is 1. The number of hydrogen-bond acceptors (Lipinski definition) is 5. The van der Waals surface area contributed by atoms with Gasteiger partial charge in [-0.2, -0.15) is 0 Å². The van der Waals surface area contributed by atoms with Gasteiger partial charge in [-0.3, -0.25) is 14.6 Å². The van der Waals surface area contributed by atoms with Gasteiger partial charge in [-0.1, -0.05) is 24.6 Å². The zero-order chi connectivity index (χ0) is 15.5. The van der Waals surface area contributed by atoms with Gasteiger partial charge in [0.2, 0.25) is 5.91 Å². The highest BCUT2D eigenvalue weighted by atomic mass is 32.2. The number of amidine groups is 1. The molecule has 1 saturated carbocycles. The fourth-order valence-electron chi connectivity index (χ4n) is 3.46. The number of carboxylic acids is 1. The predicted molar refractivity (Wildman–Crippen MR) is 86.0 cm³/mol. The SMILES string of the molecule is O=C(O)C1CCN(C(=O)CSC2=N[C@H]3CCCC[C@@H]3N2)CC1. The molecule has 1 aliphatic carbocycles. The van der Waals surface area contributed by atoms with Crippen molar-refractivity contribution in [3.63, 3.8) is 0 Å². The van der Waals surface area contributed by atoms with Crippen molar-refractivity contribution in [3.05, 3.63) is 0 Å². The van der Waals surface area contributed by atoms with Gasteiger partial charge in [0.1, 0.15) is 0 Å². The molecule has 2 N–H and O–H groups in total. The Morgan fingerprint density at radius 2 is 1.95 bits per heavy atom. The molecule has 7 heteroatoms. The average Bonchev–Trinajstić information content (AvgIpc) is 2.95. The number of hydrogen-bond donors (Lipinski definition) is 2. The molecule has 1 amide bonds. The minimum absolute atomic E-state index is 0.0909. The fraction of sp³-hybridized carbons (Fsp3) is 0.800. The van der Waals surface area contributed by atoms with E-state index in [0.717, 1.165) is 11.6 Å². The van der Waals surface area contributed by atoms with Gasteiger partial charge in [-0.15, -0.1) is 0 Å². The molecule has 6 nitrogen and oxygen atoms in total. The number of fused-ring (bicyclic) bond motifs is 1. The number of nitrogens with zero attached hydrogens (tertiary/aromatic N) is 2. The number of likely N-dealkylation sites (tertiary alicyclic amines) is 1. The Bertz CT molecular complexity index is 475. The fourth-order valence-corrected chi connectivity index (χ4v) is 4.34. The largest absolute Gasteiger partial charge is 0.481 e. The van der Waals surface area contributed by atoms with Crippen LogP contribution in [-0.4, -0.2) is 58.0 Å². The number of piperidine rings is 1. The molecule has 3 rings (SSSR count). The first kappa shape index (κ1) is 15.6. The highest BCUT2D eigenvalue weighted by Gasteiger charge is 2.32. The van der Waals surface area contributed by atoms with Crippen LogP contribution in [0, 0.1) is 5.92 Å². The van der Waals surface area contributed by atoms with Crippen LogP contribution in [0.5, 0.6) is 0 Å². The van der Waals surface area contributed by atoms with Gasteiger partial charge >= 0.3 is 5.97 Å². The van der Waals surface area contributed by atoms with E-state index in [1.54, 1.807) is 4.90 Å². The van der Waals surface area contributed by atoms with Crippen LogP contribution in [0.25, 0.3) is 0 Å². The van der Waals surface area contributed by atoms with E-state index in [-0.39, 0.29) is 11.8 Å². The molecule has 122 valence electrons. The molecule has 0 bridgehead atoms. The Kier molecular flexibility index (Phi) is 4.90. The average molecular weight is 325 g/mol. The van der Waals surface area contributed by atoms with Crippen LogP contribution in [0.2, 0.25) is 0 Å². The first-order valence-electron chi connectivity index (χ1n) is 8.11. The van der Waals surface area contributed by atoms with E-state index in [4.69, 9.17) is 5.11 Å². The maximum atomic E-state index is 12.2. The summed E-state index contributed by atoms with van der Waals surface area (Å²) in [6.07, 6.45) is 5.97. The van der Waals surface area contributed by atoms with Gasteiger partial charge in [0.05, 0.1) is 23.8 Å². The summed E-state index contributed by atoms with van der Waals surface area (Å²) >= 11 is 1.49. The Hall–Kier alpha value is -1.24. The van der Waals surface area contributed by atoms with E-state index in [1.165, 1.54) is 31.0 Å². The van der Waals surface area contributed by atoms with Crippen LogP contribution in [0.15, 0.2) is 4.99 Å². The smallest absolute Gasteiger partial charge is 0.306 e. The summed E-state index contributed by atoms with van der Waals surface area (Å²) in [6, 6.07) is 0.871. The van der Waals surface area contributed by atoms with Crippen LogP contribution < -0.4 is 5.32 Å². The lowest BCUT2D eigenvalue weighted by atomic mass is 9.92. The van der Waals surface area contributed by atoms with Crippen molar-refractivity contribution >= 4 is 28.8 Å². The standard InChI is InChI=1S/C15H23N3O3S/c19-13(18-7-5-10(6-8-18)14(20)21)9-22-15-16-11-3-1-2-4-12(11)17-15/h10-12H,1-9H2,(H,16,17)(H,20,21)/t11-,12-/m0/s1. The molecule has 2 heterocycles. The summed E-state index contributed by atoms with van der Waals surface area (Å²) in [5, 5.41) is 13.3. The number of aliphatic carboxylic acids is 1. The number of carboxylic acid groups (broad SMARTS) is 1. The first-order chi connectivity index (χ1) is 10.6. The lowest BCUT2D eigenvalue weighted by Crippen LogP contribution is -2.41. The van der Waals surface area contributed by atoms with Gasteiger partial charge in [0.25, 0.3) is 0 Å². The zero-order valence-electron chi connectivity index (χ0n) is 12.7. The van der Waals surface area contributed by atoms with E-state index in [0.29, 0.717) is 43.8 Å². The number of rotatable bonds is 3. The molecule has 0 aromatic rings. The molecule has 3 aliphatic rings. The molecule has 0 aromatic heterocycles. The van der Waals surface area contributed by atoms with Gasteiger partial charge in [0, 0.05) is 13.1 Å². The molecule has 0 unspecified atom stereocenters. The predicted octanol–water partition coefficient (Wildman–Crippen LogP) is 1.31. The van der Waals surface area contributed by atoms with Crippen LogP contribution >= 0.6 is 11.8 Å². The summed E-state index contributed by atoms with van der Waals surface area (Å²) in [6.45, 7) is 1.11. The number of amides is 1. The Balaban J connectivity index is 1.42. The summed E-state index contributed by atoms with van der Waals surface area (Å²) < 4.78 is 0. The summed E-state index contributed by atoms with van der Waals surface area (Å²) in [7, 11) is 0. The molecule has 0 spiro atoms. The Labute approximate surface area is 134 Å². The third-order valence-electron chi connectivity index (χ3n) is 4.85. The zero-order valence-corrected chi connectivity index (χ0v) is 13.5. The van der Waals surface area contributed by atoms with E-state index in [1.807, 2.05) is 0 Å². The summed E-state index contributed by atoms with van der Waals surface area (Å²) in [4.78, 5) is 29.6. The van der Waals surface area contributed by atoms with Crippen molar-refractivity contribution in [2.75, 3.05) is 18.8 Å². The molecular weight excluding hydrogens is 302 g/mol. The van der Waals surface area contributed by atoms with E-state index in [2.05, 4.69) is 10.3 Å².